The highest BCUT2D eigenvalue weighted by atomic mass is 35.5. The lowest BCUT2D eigenvalue weighted by molar-refractivity contribution is -0.118. The van der Waals surface area contributed by atoms with Gasteiger partial charge in [-0.2, -0.15) is 0 Å². The van der Waals surface area contributed by atoms with Crippen LogP contribution >= 0.6 is 11.6 Å². The Bertz CT molecular complexity index is 1220. The van der Waals surface area contributed by atoms with Crippen LogP contribution in [0.15, 0.2) is 54.7 Å². The van der Waals surface area contributed by atoms with Crippen LogP contribution < -0.4 is 10.1 Å². The Morgan fingerprint density at radius 3 is 2.80 bits per heavy atom. The maximum atomic E-state index is 12.3. The van der Waals surface area contributed by atoms with Crippen LogP contribution in [0.25, 0.3) is 22.3 Å². The van der Waals surface area contributed by atoms with Crippen molar-refractivity contribution in [3.05, 3.63) is 59.8 Å². The Kier molecular flexibility index (Phi) is 4.76. The monoisotopic (exact) mass is 420 g/mol. The molecule has 4 aromatic rings. The first-order valence-electron chi connectivity index (χ1n) is 9.53. The van der Waals surface area contributed by atoms with Gasteiger partial charge in [-0.05, 0) is 71.8 Å². The van der Waals surface area contributed by atoms with E-state index in [1.165, 1.54) is 0 Å². The molecule has 1 fully saturated rings. The maximum Gasteiger partial charge on any atom is 0.262 e. The number of hydrogen-bond donors (Lipinski definition) is 1. The van der Waals surface area contributed by atoms with Crippen LogP contribution in [0.2, 0.25) is 5.02 Å². The highest BCUT2D eigenvalue weighted by Gasteiger charge is 2.28. The van der Waals surface area contributed by atoms with Gasteiger partial charge in [0.05, 0.1) is 11.1 Å². The van der Waals surface area contributed by atoms with E-state index in [0.29, 0.717) is 28.0 Å². The number of nitrogens with zero attached hydrogens (tertiary/aromatic N) is 5. The standard InChI is InChI=1S/C21H17ClN6O2/c22-17-9-10-18(20-16(17)2-1-11-23-20)30-12-19(29)24-14-5-3-13(4-6-14)21-25-26-27-28(21)15-7-8-15/h1-6,9-11,15H,7-8,12H2,(H,24,29). The van der Waals surface area contributed by atoms with E-state index >= 15 is 0 Å². The zero-order chi connectivity index (χ0) is 20.5. The summed E-state index contributed by atoms with van der Waals surface area (Å²) in [5, 5.41) is 16.1. The number of hydrogen-bond acceptors (Lipinski definition) is 6. The summed E-state index contributed by atoms with van der Waals surface area (Å²) in [5.74, 6) is 0.970. The summed E-state index contributed by atoms with van der Waals surface area (Å²) in [6, 6.07) is 14.9. The van der Waals surface area contributed by atoms with Crippen molar-refractivity contribution >= 4 is 34.1 Å². The summed E-state index contributed by atoms with van der Waals surface area (Å²) in [7, 11) is 0. The SMILES string of the molecule is O=C(COc1ccc(Cl)c2cccnc12)Nc1ccc(-c2nnnn2C2CC2)cc1. The lowest BCUT2D eigenvalue weighted by atomic mass is 10.2. The number of rotatable bonds is 6. The van der Waals surface area contributed by atoms with Crippen LogP contribution in [0.4, 0.5) is 5.69 Å². The van der Waals surface area contributed by atoms with Crippen molar-refractivity contribution in [2.45, 2.75) is 18.9 Å². The molecule has 0 radical (unpaired) electrons. The van der Waals surface area contributed by atoms with Gasteiger partial charge in [-0.1, -0.05) is 11.6 Å². The number of pyridine rings is 1. The number of benzene rings is 2. The zero-order valence-corrected chi connectivity index (χ0v) is 16.6. The van der Waals surface area contributed by atoms with Gasteiger partial charge < -0.3 is 10.1 Å². The molecule has 150 valence electrons. The minimum absolute atomic E-state index is 0.144. The second kappa shape index (κ2) is 7.72. The molecule has 0 aliphatic heterocycles. The van der Waals surface area contributed by atoms with Gasteiger partial charge in [0.1, 0.15) is 11.3 Å². The normalized spacial score (nSPS) is 13.4. The van der Waals surface area contributed by atoms with Crippen molar-refractivity contribution in [2.24, 2.45) is 0 Å². The fraction of sp³-hybridized carbons (Fsp3) is 0.190. The third-order valence-corrected chi connectivity index (χ3v) is 5.18. The number of halogens is 1. The van der Waals surface area contributed by atoms with E-state index < -0.39 is 0 Å². The largest absolute Gasteiger partial charge is 0.481 e. The fourth-order valence-electron chi connectivity index (χ4n) is 3.22. The van der Waals surface area contributed by atoms with Crippen molar-refractivity contribution in [2.75, 3.05) is 11.9 Å². The molecule has 9 heteroatoms. The molecule has 2 heterocycles. The quantitative estimate of drug-likeness (QED) is 0.508. The Morgan fingerprint density at radius 2 is 2.00 bits per heavy atom. The number of ether oxygens (including phenoxy) is 1. The van der Waals surface area contributed by atoms with Crippen molar-refractivity contribution in [1.29, 1.82) is 0 Å². The van der Waals surface area contributed by atoms with E-state index in [1.54, 1.807) is 24.4 Å². The zero-order valence-electron chi connectivity index (χ0n) is 15.8. The fourth-order valence-corrected chi connectivity index (χ4v) is 3.44. The number of amides is 1. The molecule has 0 atom stereocenters. The van der Waals surface area contributed by atoms with Gasteiger partial charge in [-0.25, -0.2) is 4.68 Å². The molecule has 2 aromatic carbocycles. The third-order valence-electron chi connectivity index (χ3n) is 4.85. The summed E-state index contributed by atoms with van der Waals surface area (Å²) in [6.45, 7) is -0.144. The number of tetrazole rings is 1. The summed E-state index contributed by atoms with van der Waals surface area (Å²) in [6.07, 6.45) is 3.86. The van der Waals surface area contributed by atoms with Crippen LogP contribution in [-0.2, 0) is 4.79 Å². The van der Waals surface area contributed by atoms with Crippen LogP contribution in [0.3, 0.4) is 0 Å². The van der Waals surface area contributed by atoms with Gasteiger partial charge >= 0.3 is 0 Å². The number of fused-ring (bicyclic) bond motifs is 1. The van der Waals surface area contributed by atoms with Gasteiger partial charge in [0.2, 0.25) is 0 Å². The molecule has 0 unspecified atom stereocenters. The van der Waals surface area contributed by atoms with E-state index in [0.717, 1.165) is 29.6 Å². The molecule has 0 bridgehead atoms. The van der Waals surface area contributed by atoms with Gasteiger partial charge in [0.25, 0.3) is 5.91 Å². The topological polar surface area (TPSA) is 94.8 Å². The van der Waals surface area contributed by atoms with E-state index in [1.807, 2.05) is 35.0 Å². The molecular weight excluding hydrogens is 404 g/mol. The first kappa shape index (κ1) is 18.5. The van der Waals surface area contributed by atoms with Crippen molar-refractivity contribution in [3.8, 4) is 17.1 Å². The molecule has 5 rings (SSSR count). The summed E-state index contributed by atoms with van der Waals surface area (Å²) >= 11 is 6.19. The first-order chi connectivity index (χ1) is 14.7. The molecule has 1 aliphatic rings. The number of nitrogens with one attached hydrogen (secondary N) is 1. The predicted molar refractivity (Wildman–Crippen MR) is 112 cm³/mol. The molecule has 2 aromatic heterocycles. The summed E-state index contributed by atoms with van der Waals surface area (Å²) in [4.78, 5) is 16.6. The van der Waals surface area contributed by atoms with Crippen molar-refractivity contribution in [1.82, 2.24) is 25.2 Å². The Hall–Kier alpha value is -3.52. The van der Waals surface area contributed by atoms with Crippen LogP contribution in [0.1, 0.15) is 18.9 Å². The predicted octanol–water partition coefficient (Wildman–Crippen LogP) is 3.89. The van der Waals surface area contributed by atoms with Crippen LogP contribution in [0.5, 0.6) is 5.75 Å². The lowest BCUT2D eigenvalue weighted by Crippen LogP contribution is -2.20. The summed E-state index contributed by atoms with van der Waals surface area (Å²) < 4.78 is 7.53. The minimum Gasteiger partial charge on any atom is -0.481 e. The highest BCUT2D eigenvalue weighted by Crippen LogP contribution is 2.36. The van der Waals surface area contributed by atoms with Crippen molar-refractivity contribution in [3.63, 3.8) is 0 Å². The smallest absolute Gasteiger partial charge is 0.262 e. The van der Waals surface area contributed by atoms with Gasteiger partial charge in [0.15, 0.2) is 12.4 Å². The number of carbonyl (C=O) groups excluding carboxylic acids is 1. The maximum absolute atomic E-state index is 12.3. The molecule has 1 N–H and O–H groups in total. The van der Waals surface area contributed by atoms with Gasteiger partial charge in [-0.3, -0.25) is 9.78 Å². The van der Waals surface area contributed by atoms with Gasteiger partial charge in [0, 0.05) is 22.8 Å². The molecule has 1 amide bonds. The Morgan fingerprint density at radius 1 is 1.17 bits per heavy atom. The average Bonchev–Trinajstić information content (AvgIpc) is 3.50. The van der Waals surface area contributed by atoms with E-state index in [9.17, 15) is 4.79 Å². The molecule has 1 saturated carbocycles. The second-order valence-electron chi connectivity index (χ2n) is 7.04. The van der Waals surface area contributed by atoms with E-state index in [-0.39, 0.29) is 12.5 Å². The second-order valence-corrected chi connectivity index (χ2v) is 7.44. The summed E-state index contributed by atoms with van der Waals surface area (Å²) in [5.41, 5.74) is 2.19. The highest BCUT2D eigenvalue weighted by molar-refractivity contribution is 6.35. The Labute approximate surface area is 176 Å². The molecule has 0 saturated heterocycles. The molecular formula is C21H17ClN6O2. The molecule has 0 spiro atoms. The van der Waals surface area contributed by atoms with Crippen molar-refractivity contribution < 1.29 is 9.53 Å². The number of carbonyl (C=O) groups is 1. The minimum atomic E-state index is -0.274. The van der Waals surface area contributed by atoms with E-state index in [2.05, 4.69) is 25.8 Å². The first-order valence-corrected chi connectivity index (χ1v) is 9.91. The van der Waals surface area contributed by atoms with Gasteiger partial charge in [-0.15, -0.1) is 5.10 Å². The molecule has 1 aliphatic carbocycles. The number of aromatic nitrogens is 5. The lowest BCUT2D eigenvalue weighted by Gasteiger charge is -2.10. The average molecular weight is 421 g/mol. The third kappa shape index (κ3) is 3.69. The number of anilines is 1. The van der Waals surface area contributed by atoms with Crippen LogP contribution in [0, 0.1) is 0 Å². The molecule has 8 nitrogen and oxygen atoms in total. The molecule has 30 heavy (non-hydrogen) atoms. The Balaban J connectivity index is 1.24. The van der Waals surface area contributed by atoms with Crippen LogP contribution in [-0.4, -0.2) is 37.7 Å². The van der Waals surface area contributed by atoms with E-state index in [4.69, 9.17) is 16.3 Å².